The average Bonchev–Trinajstić information content (AvgIpc) is 2.42. The van der Waals surface area contributed by atoms with E-state index in [1.54, 1.807) is 0 Å². The zero-order valence-corrected chi connectivity index (χ0v) is 14.0. The maximum atomic E-state index is 6.24. The van der Waals surface area contributed by atoms with Crippen LogP contribution in [0.3, 0.4) is 0 Å². The lowest BCUT2D eigenvalue weighted by atomic mass is 9.85. The number of anilines is 1. The molecule has 0 aliphatic carbocycles. The summed E-state index contributed by atoms with van der Waals surface area (Å²) in [6.45, 7) is 8.88. The van der Waals surface area contributed by atoms with Gasteiger partial charge in [0, 0.05) is 10.7 Å². The average molecular weight is 302 g/mol. The van der Waals surface area contributed by atoms with Crippen LogP contribution in [-0.4, -0.2) is 0 Å². The van der Waals surface area contributed by atoms with Crippen LogP contribution in [-0.2, 0) is 0 Å². The summed E-state index contributed by atoms with van der Waals surface area (Å²) in [6.07, 6.45) is 1.06. The van der Waals surface area contributed by atoms with Crippen molar-refractivity contribution >= 4 is 17.3 Å². The molecular formula is C19H24ClN. The Morgan fingerprint density at radius 1 is 1.00 bits per heavy atom. The maximum absolute atomic E-state index is 6.24. The van der Waals surface area contributed by atoms with Crippen molar-refractivity contribution in [3.8, 4) is 0 Å². The van der Waals surface area contributed by atoms with Gasteiger partial charge in [0.05, 0.1) is 6.04 Å². The SMILES string of the molecule is Cc1c(Cl)cccc1NC(CC(C)(C)C)c1ccccc1. The summed E-state index contributed by atoms with van der Waals surface area (Å²) in [7, 11) is 0. The molecule has 0 radical (unpaired) electrons. The predicted molar refractivity (Wildman–Crippen MR) is 93.1 cm³/mol. The van der Waals surface area contributed by atoms with E-state index < -0.39 is 0 Å². The topological polar surface area (TPSA) is 12.0 Å². The molecule has 0 amide bonds. The molecular weight excluding hydrogens is 278 g/mol. The minimum absolute atomic E-state index is 0.250. The first-order valence-electron chi connectivity index (χ1n) is 7.43. The fourth-order valence-electron chi connectivity index (χ4n) is 2.50. The molecule has 21 heavy (non-hydrogen) atoms. The molecule has 0 spiro atoms. The predicted octanol–water partition coefficient (Wildman–Crippen LogP) is 6.24. The van der Waals surface area contributed by atoms with Crippen LogP contribution >= 0.6 is 11.6 Å². The Morgan fingerprint density at radius 3 is 2.29 bits per heavy atom. The molecule has 2 heteroatoms. The number of rotatable bonds is 4. The second kappa shape index (κ2) is 6.53. The Balaban J connectivity index is 2.30. The zero-order chi connectivity index (χ0) is 15.5. The van der Waals surface area contributed by atoms with Crippen LogP contribution in [0.15, 0.2) is 48.5 Å². The van der Waals surface area contributed by atoms with E-state index in [2.05, 4.69) is 69.4 Å². The normalized spacial score (nSPS) is 13.0. The summed E-state index contributed by atoms with van der Waals surface area (Å²) >= 11 is 6.24. The molecule has 2 rings (SSSR count). The summed E-state index contributed by atoms with van der Waals surface area (Å²) in [6, 6.07) is 16.9. The second-order valence-electron chi connectivity index (χ2n) is 6.78. The summed E-state index contributed by atoms with van der Waals surface area (Å²) in [5.74, 6) is 0. The van der Waals surface area contributed by atoms with Gasteiger partial charge in [0.15, 0.2) is 0 Å². The largest absolute Gasteiger partial charge is 0.378 e. The lowest BCUT2D eigenvalue weighted by molar-refractivity contribution is 0.352. The smallest absolute Gasteiger partial charge is 0.0518 e. The molecule has 0 fully saturated rings. The van der Waals surface area contributed by atoms with Gasteiger partial charge in [-0.3, -0.25) is 0 Å². The van der Waals surface area contributed by atoms with Crippen molar-refractivity contribution in [3.05, 3.63) is 64.7 Å². The van der Waals surface area contributed by atoms with Crippen molar-refractivity contribution in [1.82, 2.24) is 0 Å². The third-order valence-corrected chi connectivity index (χ3v) is 4.03. The third-order valence-electron chi connectivity index (χ3n) is 3.62. The molecule has 0 aromatic heterocycles. The molecule has 0 aliphatic rings. The van der Waals surface area contributed by atoms with E-state index >= 15 is 0 Å². The third kappa shape index (κ3) is 4.50. The number of hydrogen-bond acceptors (Lipinski definition) is 1. The van der Waals surface area contributed by atoms with E-state index in [0.29, 0.717) is 0 Å². The summed E-state index contributed by atoms with van der Waals surface area (Å²) < 4.78 is 0. The van der Waals surface area contributed by atoms with E-state index in [0.717, 1.165) is 22.7 Å². The van der Waals surface area contributed by atoms with E-state index in [9.17, 15) is 0 Å². The van der Waals surface area contributed by atoms with Gasteiger partial charge in [-0.15, -0.1) is 0 Å². The molecule has 1 unspecified atom stereocenters. The Morgan fingerprint density at radius 2 is 1.67 bits per heavy atom. The van der Waals surface area contributed by atoms with Gasteiger partial charge in [-0.1, -0.05) is 68.8 Å². The molecule has 2 aromatic rings. The van der Waals surface area contributed by atoms with Crippen LogP contribution in [0, 0.1) is 12.3 Å². The maximum Gasteiger partial charge on any atom is 0.0518 e. The molecule has 0 heterocycles. The first-order chi connectivity index (χ1) is 9.87. The number of nitrogens with one attached hydrogen (secondary N) is 1. The van der Waals surface area contributed by atoms with Crippen molar-refractivity contribution in [2.75, 3.05) is 5.32 Å². The van der Waals surface area contributed by atoms with Gasteiger partial charge in [-0.2, -0.15) is 0 Å². The standard InChI is InChI=1S/C19H24ClN/c1-14-16(20)11-8-12-17(14)21-18(13-19(2,3)4)15-9-6-5-7-10-15/h5-12,18,21H,13H2,1-4H3. The van der Waals surface area contributed by atoms with Crippen molar-refractivity contribution in [2.45, 2.75) is 40.2 Å². The molecule has 1 N–H and O–H groups in total. The molecule has 112 valence electrons. The van der Waals surface area contributed by atoms with E-state index in [1.807, 2.05) is 12.1 Å². The number of hydrogen-bond donors (Lipinski definition) is 1. The quantitative estimate of drug-likeness (QED) is 0.705. The van der Waals surface area contributed by atoms with Crippen molar-refractivity contribution in [3.63, 3.8) is 0 Å². The van der Waals surface area contributed by atoms with Crippen LogP contribution in [0.25, 0.3) is 0 Å². The van der Waals surface area contributed by atoms with Crippen LogP contribution in [0.4, 0.5) is 5.69 Å². The Labute approximate surface area is 133 Å². The Bertz CT molecular complexity index is 584. The molecule has 0 aliphatic heterocycles. The monoisotopic (exact) mass is 301 g/mol. The molecule has 2 aromatic carbocycles. The molecule has 0 saturated heterocycles. The van der Waals surface area contributed by atoms with E-state index in [1.165, 1.54) is 5.56 Å². The zero-order valence-electron chi connectivity index (χ0n) is 13.3. The van der Waals surface area contributed by atoms with Gasteiger partial charge in [-0.25, -0.2) is 0 Å². The van der Waals surface area contributed by atoms with Gasteiger partial charge < -0.3 is 5.32 Å². The van der Waals surface area contributed by atoms with Gasteiger partial charge in [-0.05, 0) is 42.0 Å². The lowest BCUT2D eigenvalue weighted by Gasteiger charge is -2.28. The van der Waals surface area contributed by atoms with Gasteiger partial charge in [0.2, 0.25) is 0 Å². The van der Waals surface area contributed by atoms with Crippen LogP contribution in [0.2, 0.25) is 5.02 Å². The minimum Gasteiger partial charge on any atom is -0.378 e. The Hall–Kier alpha value is -1.47. The number of benzene rings is 2. The highest BCUT2D eigenvalue weighted by molar-refractivity contribution is 6.31. The van der Waals surface area contributed by atoms with Gasteiger partial charge in [0.25, 0.3) is 0 Å². The second-order valence-corrected chi connectivity index (χ2v) is 7.19. The van der Waals surface area contributed by atoms with E-state index in [-0.39, 0.29) is 11.5 Å². The summed E-state index contributed by atoms with van der Waals surface area (Å²) in [5, 5.41) is 4.48. The fourth-order valence-corrected chi connectivity index (χ4v) is 2.68. The van der Waals surface area contributed by atoms with E-state index in [4.69, 9.17) is 11.6 Å². The van der Waals surface area contributed by atoms with Gasteiger partial charge >= 0.3 is 0 Å². The molecule has 1 nitrogen and oxygen atoms in total. The summed E-state index contributed by atoms with van der Waals surface area (Å²) in [5.41, 5.74) is 3.78. The molecule has 1 atom stereocenters. The van der Waals surface area contributed by atoms with Gasteiger partial charge in [0.1, 0.15) is 0 Å². The lowest BCUT2D eigenvalue weighted by Crippen LogP contribution is -2.19. The van der Waals surface area contributed by atoms with Crippen LogP contribution in [0.5, 0.6) is 0 Å². The highest BCUT2D eigenvalue weighted by Gasteiger charge is 2.20. The first-order valence-corrected chi connectivity index (χ1v) is 7.81. The molecule has 0 bridgehead atoms. The minimum atomic E-state index is 0.250. The summed E-state index contributed by atoms with van der Waals surface area (Å²) in [4.78, 5) is 0. The highest BCUT2D eigenvalue weighted by Crippen LogP contribution is 2.34. The molecule has 0 saturated carbocycles. The first kappa shape index (κ1) is 15.9. The highest BCUT2D eigenvalue weighted by atomic mass is 35.5. The van der Waals surface area contributed by atoms with Crippen LogP contribution < -0.4 is 5.32 Å². The van der Waals surface area contributed by atoms with Crippen LogP contribution in [0.1, 0.15) is 44.4 Å². The van der Waals surface area contributed by atoms with Crippen molar-refractivity contribution in [1.29, 1.82) is 0 Å². The number of halogens is 1. The fraction of sp³-hybridized carbons (Fsp3) is 0.368. The van der Waals surface area contributed by atoms with Crippen molar-refractivity contribution in [2.24, 2.45) is 5.41 Å². The van der Waals surface area contributed by atoms with Crippen molar-refractivity contribution < 1.29 is 0 Å². The Kier molecular flexibility index (Phi) is 4.95.